The molecule has 1 heterocycles. The van der Waals surface area contributed by atoms with Gasteiger partial charge in [-0.15, -0.1) is 6.58 Å². The minimum Gasteiger partial charge on any atom is -0.300 e. The summed E-state index contributed by atoms with van der Waals surface area (Å²) in [5.41, 5.74) is 0.454. The van der Waals surface area contributed by atoms with Crippen LogP contribution in [0.15, 0.2) is 61.2 Å². The molecule has 0 saturated heterocycles. The van der Waals surface area contributed by atoms with Crippen molar-refractivity contribution in [1.29, 1.82) is 0 Å². The lowest BCUT2D eigenvalue weighted by Gasteiger charge is -2.39. The number of hydrogen-bond donors (Lipinski definition) is 1. The monoisotopic (exact) mass is 303 g/mol. The Hall–Kier alpha value is -2.07. The van der Waals surface area contributed by atoms with Crippen LogP contribution in [-0.2, 0) is 18.1 Å². The van der Waals surface area contributed by atoms with Gasteiger partial charge in [-0.05, 0) is 29.2 Å². The van der Waals surface area contributed by atoms with Crippen molar-refractivity contribution in [3.8, 4) is 0 Å². The van der Waals surface area contributed by atoms with E-state index in [-0.39, 0.29) is 5.56 Å². The molecule has 114 valence electrons. The minimum atomic E-state index is -4.40. The van der Waals surface area contributed by atoms with E-state index in [0.29, 0.717) is 6.54 Å². The number of nitrogens with one attached hydrogen (secondary N) is 1. The van der Waals surface area contributed by atoms with E-state index in [9.17, 15) is 13.2 Å². The molecule has 0 amide bonds. The minimum absolute atomic E-state index is 0.199. The van der Waals surface area contributed by atoms with E-state index in [2.05, 4.69) is 11.9 Å². The Labute approximate surface area is 127 Å². The summed E-state index contributed by atoms with van der Waals surface area (Å²) in [6.45, 7) is 4.43. The molecule has 1 unspecified atom stereocenters. The van der Waals surface area contributed by atoms with E-state index < -0.39 is 17.3 Å². The Morgan fingerprint density at radius 1 is 1.00 bits per heavy atom. The second kappa shape index (κ2) is 5.29. The third kappa shape index (κ3) is 2.24. The summed E-state index contributed by atoms with van der Waals surface area (Å²) in [5, 5.41) is 3.25. The zero-order valence-electron chi connectivity index (χ0n) is 12.0. The van der Waals surface area contributed by atoms with Gasteiger partial charge in [0.2, 0.25) is 0 Å². The van der Waals surface area contributed by atoms with Crippen LogP contribution in [0.1, 0.15) is 22.3 Å². The summed E-state index contributed by atoms with van der Waals surface area (Å²) in [6.07, 6.45) is -2.03. The molecular formula is C18H16F3N. The van der Waals surface area contributed by atoms with E-state index in [1.807, 2.05) is 24.3 Å². The van der Waals surface area contributed by atoms with Gasteiger partial charge in [-0.1, -0.05) is 48.5 Å². The van der Waals surface area contributed by atoms with Crippen LogP contribution in [0.2, 0.25) is 0 Å². The predicted molar refractivity (Wildman–Crippen MR) is 80.6 cm³/mol. The van der Waals surface area contributed by atoms with E-state index in [1.54, 1.807) is 12.1 Å². The average Bonchev–Trinajstić information content (AvgIpc) is 2.53. The number of halogens is 3. The molecule has 3 rings (SSSR count). The molecule has 0 fully saturated rings. The highest BCUT2D eigenvalue weighted by Gasteiger charge is 2.42. The van der Waals surface area contributed by atoms with Gasteiger partial charge >= 0.3 is 6.18 Å². The zero-order chi connectivity index (χ0) is 15.8. The Kier molecular flexibility index (Phi) is 3.57. The van der Waals surface area contributed by atoms with Gasteiger partial charge < -0.3 is 5.32 Å². The third-order valence-corrected chi connectivity index (χ3v) is 4.20. The number of benzene rings is 2. The van der Waals surface area contributed by atoms with Crippen LogP contribution < -0.4 is 5.32 Å². The van der Waals surface area contributed by atoms with E-state index in [4.69, 9.17) is 0 Å². The number of rotatable bonds is 2. The number of alkyl halides is 3. The lowest BCUT2D eigenvalue weighted by Crippen LogP contribution is -2.47. The summed E-state index contributed by atoms with van der Waals surface area (Å²) in [7, 11) is 0. The highest BCUT2D eigenvalue weighted by molar-refractivity contribution is 5.52. The molecule has 1 N–H and O–H groups in total. The molecule has 0 spiro atoms. The molecule has 2 aromatic rings. The van der Waals surface area contributed by atoms with Crippen molar-refractivity contribution in [2.75, 3.05) is 6.54 Å². The maximum Gasteiger partial charge on any atom is 0.416 e. The highest BCUT2D eigenvalue weighted by Crippen LogP contribution is 2.42. The van der Waals surface area contributed by atoms with Crippen LogP contribution in [0.4, 0.5) is 13.2 Å². The van der Waals surface area contributed by atoms with E-state index in [1.165, 1.54) is 12.1 Å². The first-order chi connectivity index (χ1) is 10.5. The molecule has 1 aliphatic rings. The zero-order valence-corrected chi connectivity index (χ0v) is 12.0. The summed E-state index contributed by atoms with van der Waals surface area (Å²) in [4.78, 5) is 0. The van der Waals surface area contributed by atoms with Crippen LogP contribution in [0.3, 0.4) is 0 Å². The lowest BCUT2D eigenvalue weighted by molar-refractivity contribution is -0.138. The SMILES string of the molecule is C=CC1(c2ccccc2C(F)(F)F)NCCc2ccccc21. The lowest BCUT2D eigenvalue weighted by atomic mass is 9.75. The van der Waals surface area contributed by atoms with Crippen LogP contribution >= 0.6 is 0 Å². The Balaban J connectivity index is 2.29. The van der Waals surface area contributed by atoms with Gasteiger partial charge in [0.05, 0.1) is 11.1 Å². The topological polar surface area (TPSA) is 12.0 Å². The molecule has 0 saturated carbocycles. The fourth-order valence-corrected chi connectivity index (χ4v) is 3.22. The van der Waals surface area contributed by atoms with Gasteiger partial charge in [-0.2, -0.15) is 13.2 Å². The van der Waals surface area contributed by atoms with Gasteiger partial charge in [-0.3, -0.25) is 0 Å². The van der Waals surface area contributed by atoms with Crippen LogP contribution in [-0.4, -0.2) is 6.54 Å². The van der Waals surface area contributed by atoms with Crippen molar-refractivity contribution in [2.45, 2.75) is 18.1 Å². The van der Waals surface area contributed by atoms with Gasteiger partial charge in [0.1, 0.15) is 0 Å². The second-order valence-corrected chi connectivity index (χ2v) is 5.39. The quantitative estimate of drug-likeness (QED) is 0.817. The summed E-state index contributed by atoms with van der Waals surface area (Å²) in [5.74, 6) is 0. The first-order valence-corrected chi connectivity index (χ1v) is 7.13. The fraction of sp³-hybridized carbons (Fsp3) is 0.222. The smallest absolute Gasteiger partial charge is 0.300 e. The molecule has 1 nitrogen and oxygen atoms in total. The molecule has 0 bridgehead atoms. The van der Waals surface area contributed by atoms with Crippen molar-refractivity contribution in [2.24, 2.45) is 0 Å². The maximum absolute atomic E-state index is 13.4. The predicted octanol–water partition coefficient (Wildman–Crippen LogP) is 4.28. The summed E-state index contributed by atoms with van der Waals surface area (Å²) in [6, 6.07) is 13.3. The first-order valence-electron chi connectivity index (χ1n) is 7.13. The largest absolute Gasteiger partial charge is 0.416 e. The van der Waals surface area contributed by atoms with Crippen molar-refractivity contribution in [3.63, 3.8) is 0 Å². The van der Waals surface area contributed by atoms with E-state index >= 15 is 0 Å². The van der Waals surface area contributed by atoms with Gasteiger partial charge in [0.15, 0.2) is 0 Å². The Morgan fingerprint density at radius 3 is 2.32 bits per heavy atom. The highest BCUT2D eigenvalue weighted by atomic mass is 19.4. The van der Waals surface area contributed by atoms with Crippen molar-refractivity contribution in [1.82, 2.24) is 5.32 Å². The number of fused-ring (bicyclic) bond motifs is 1. The van der Waals surface area contributed by atoms with Crippen molar-refractivity contribution < 1.29 is 13.2 Å². The molecule has 1 atom stereocenters. The van der Waals surface area contributed by atoms with Gasteiger partial charge in [-0.25, -0.2) is 0 Å². The second-order valence-electron chi connectivity index (χ2n) is 5.39. The molecule has 0 aliphatic carbocycles. The molecule has 2 aromatic carbocycles. The Morgan fingerprint density at radius 2 is 1.64 bits per heavy atom. The van der Waals surface area contributed by atoms with Crippen LogP contribution in [0.25, 0.3) is 0 Å². The third-order valence-electron chi connectivity index (χ3n) is 4.20. The first kappa shape index (κ1) is 14.9. The maximum atomic E-state index is 13.4. The van der Waals surface area contributed by atoms with Crippen LogP contribution in [0.5, 0.6) is 0 Å². The average molecular weight is 303 g/mol. The molecule has 0 aromatic heterocycles. The Bertz CT molecular complexity index is 705. The van der Waals surface area contributed by atoms with Crippen molar-refractivity contribution >= 4 is 0 Å². The standard InChI is InChI=1S/C18H16F3N/c1-2-17(14-8-4-3-7-13(14)11-12-22-17)15-9-5-6-10-16(15)18(19,20)21/h2-10,22H,1,11-12H2. The van der Waals surface area contributed by atoms with E-state index in [0.717, 1.165) is 23.6 Å². The summed E-state index contributed by atoms with van der Waals surface area (Å²) < 4.78 is 40.3. The molecule has 1 aliphatic heterocycles. The van der Waals surface area contributed by atoms with Crippen LogP contribution in [0, 0.1) is 0 Å². The summed E-state index contributed by atoms with van der Waals surface area (Å²) >= 11 is 0. The molecular weight excluding hydrogens is 287 g/mol. The molecule has 22 heavy (non-hydrogen) atoms. The molecule has 4 heteroatoms. The van der Waals surface area contributed by atoms with Gasteiger partial charge in [0, 0.05) is 6.54 Å². The van der Waals surface area contributed by atoms with Crippen molar-refractivity contribution in [3.05, 3.63) is 83.4 Å². The fourth-order valence-electron chi connectivity index (χ4n) is 3.22. The van der Waals surface area contributed by atoms with Gasteiger partial charge in [0.25, 0.3) is 0 Å². The normalized spacial score (nSPS) is 21.2. The number of hydrogen-bond acceptors (Lipinski definition) is 1. The molecule has 0 radical (unpaired) electrons.